The van der Waals surface area contributed by atoms with Gasteiger partial charge in [0, 0.05) is 17.3 Å². The minimum atomic E-state index is 0.124. The molecule has 2 unspecified atom stereocenters. The standard InChI is InChI=1S/C12H20N2S2/c1-12(2)6-8(12)11-14-10(7-16-11)9(13)4-5-15-3/h7-9H,4-6,13H2,1-3H3. The van der Waals surface area contributed by atoms with Crippen molar-refractivity contribution in [2.45, 2.75) is 38.6 Å². The second-order valence-corrected chi connectivity index (χ2v) is 7.12. The van der Waals surface area contributed by atoms with Gasteiger partial charge in [0.1, 0.15) is 0 Å². The number of hydrogen-bond acceptors (Lipinski definition) is 4. The zero-order valence-corrected chi connectivity index (χ0v) is 11.8. The summed E-state index contributed by atoms with van der Waals surface area (Å²) < 4.78 is 0. The van der Waals surface area contributed by atoms with E-state index in [9.17, 15) is 0 Å². The number of hydrogen-bond donors (Lipinski definition) is 1. The third-order valence-electron chi connectivity index (χ3n) is 3.36. The monoisotopic (exact) mass is 256 g/mol. The minimum absolute atomic E-state index is 0.124. The Hall–Kier alpha value is -0.0600. The highest BCUT2D eigenvalue weighted by Gasteiger charge is 2.48. The molecular formula is C12H20N2S2. The Kier molecular flexibility index (Phi) is 3.62. The molecule has 1 aliphatic carbocycles. The normalized spacial score (nSPS) is 24.4. The highest BCUT2D eigenvalue weighted by molar-refractivity contribution is 7.98. The number of rotatable bonds is 5. The molecule has 1 heterocycles. The molecule has 1 aromatic heterocycles. The first-order valence-corrected chi connectivity index (χ1v) is 8.02. The predicted molar refractivity (Wildman–Crippen MR) is 73.2 cm³/mol. The molecule has 2 nitrogen and oxygen atoms in total. The van der Waals surface area contributed by atoms with E-state index in [0.717, 1.165) is 17.9 Å². The molecule has 2 N–H and O–H groups in total. The van der Waals surface area contributed by atoms with Crippen molar-refractivity contribution in [2.24, 2.45) is 11.1 Å². The summed E-state index contributed by atoms with van der Waals surface area (Å²) in [6, 6.07) is 0.124. The van der Waals surface area contributed by atoms with Gasteiger partial charge in [0.2, 0.25) is 0 Å². The van der Waals surface area contributed by atoms with Crippen molar-refractivity contribution >= 4 is 23.1 Å². The fourth-order valence-corrected chi connectivity index (χ4v) is 3.60. The lowest BCUT2D eigenvalue weighted by Crippen LogP contribution is -2.11. The summed E-state index contributed by atoms with van der Waals surface area (Å²) >= 11 is 3.63. The Morgan fingerprint density at radius 1 is 1.69 bits per heavy atom. The van der Waals surface area contributed by atoms with Crippen LogP contribution in [0.2, 0.25) is 0 Å². The van der Waals surface area contributed by atoms with Crippen molar-refractivity contribution in [3.8, 4) is 0 Å². The SMILES string of the molecule is CSCCC(N)c1csc(C2CC2(C)C)n1. The molecule has 1 fully saturated rings. The summed E-state index contributed by atoms with van der Waals surface area (Å²) in [5.41, 5.74) is 7.68. The van der Waals surface area contributed by atoms with E-state index in [-0.39, 0.29) is 6.04 Å². The summed E-state index contributed by atoms with van der Waals surface area (Å²) in [6.45, 7) is 4.62. The van der Waals surface area contributed by atoms with Crippen molar-refractivity contribution in [3.63, 3.8) is 0 Å². The van der Waals surface area contributed by atoms with Gasteiger partial charge in [-0.1, -0.05) is 13.8 Å². The van der Waals surface area contributed by atoms with Gasteiger partial charge in [-0.2, -0.15) is 11.8 Å². The maximum absolute atomic E-state index is 6.11. The van der Waals surface area contributed by atoms with Crippen LogP contribution >= 0.6 is 23.1 Å². The molecule has 1 aliphatic rings. The average Bonchev–Trinajstić information content (AvgIpc) is 2.67. The quantitative estimate of drug-likeness (QED) is 0.877. The van der Waals surface area contributed by atoms with Crippen LogP contribution in [0.5, 0.6) is 0 Å². The molecule has 1 aromatic rings. The Morgan fingerprint density at radius 3 is 2.94 bits per heavy atom. The lowest BCUT2D eigenvalue weighted by Gasteiger charge is -2.06. The van der Waals surface area contributed by atoms with Gasteiger partial charge in [0.25, 0.3) is 0 Å². The topological polar surface area (TPSA) is 38.9 Å². The van der Waals surface area contributed by atoms with E-state index in [1.54, 1.807) is 11.3 Å². The van der Waals surface area contributed by atoms with E-state index in [1.807, 2.05) is 11.8 Å². The maximum Gasteiger partial charge on any atom is 0.0965 e. The van der Waals surface area contributed by atoms with Gasteiger partial charge in [0.05, 0.1) is 10.7 Å². The van der Waals surface area contributed by atoms with Gasteiger partial charge in [-0.25, -0.2) is 4.98 Å². The molecule has 0 bridgehead atoms. The molecule has 16 heavy (non-hydrogen) atoms. The lowest BCUT2D eigenvalue weighted by molar-refractivity contribution is 0.616. The molecule has 2 atom stereocenters. The third-order valence-corrected chi connectivity index (χ3v) is 4.98. The van der Waals surface area contributed by atoms with Gasteiger partial charge in [-0.15, -0.1) is 11.3 Å². The molecule has 90 valence electrons. The van der Waals surface area contributed by atoms with Crippen LogP contribution in [0.4, 0.5) is 0 Å². The van der Waals surface area contributed by atoms with Crippen LogP contribution in [0.1, 0.15) is 49.4 Å². The smallest absolute Gasteiger partial charge is 0.0965 e. The fourth-order valence-electron chi connectivity index (χ4n) is 1.91. The van der Waals surface area contributed by atoms with Crippen LogP contribution in [0, 0.1) is 5.41 Å². The van der Waals surface area contributed by atoms with Crippen LogP contribution in [-0.2, 0) is 0 Å². The highest BCUT2D eigenvalue weighted by atomic mass is 32.2. The molecule has 0 aromatic carbocycles. The number of thioether (sulfide) groups is 1. The van der Waals surface area contributed by atoms with Crippen molar-refractivity contribution < 1.29 is 0 Å². The second kappa shape index (κ2) is 4.67. The van der Waals surface area contributed by atoms with Crippen LogP contribution in [0.3, 0.4) is 0 Å². The summed E-state index contributed by atoms with van der Waals surface area (Å²) in [6.07, 6.45) is 4.42. The van der Waals surface area contributed by atoms with Crippen molar-refractivity contribution in [2.75, 3.05) is 12.0 Å². The van der Waals surface area contributed by atoms with E-state index >= 15 is 0 Å². The maximum atomic E-state index is 6.11. The summed E-state index contributed by atoms with van der Waals surface area (Å²) in [5, 5.41) is 3.44. The molecule has 4 heteroatoms. The second-order valence-electron chi connectivity index (χ2n) is 5.24. The first-order valence-electron chi connectivity index (χ1n) is 5.74. The molecule has 0 aliphatic heterocycles. The zero-order valence-electron chi connectivity index (χ0n) is 10.2. The van der Waals surface area contributed by atoms with E-state index in [1.165, 1.54) is 11.4 Å². The van der Waals surface area contributed by atoms with Crippen molar-refractivity contribution in [1.82, 2.24) is 4.98 Å². The van der Waals surface area contributed by atoms with Gasteiger partial charge in [0.15, 0.2) is 0 Å². The summed E-state index contributed by atoms with van der Waals surface area (Å²) in [7, 11) is 0. The van der Waals surface area contributed by atoms with Crippen molar-refractivity contribution in [3.05, 3.63) is 16.1 Å². The van der Waals surface area contributed by atoms with Gasteiger partial charge in [-0.3, -0.25) is 0 Å². The highest BCUT2D eigenvalue weighted by Crippen LogP contribution is 2.59. The first-order chi connectivity index (χ1) is 7.54. The molecule has 2 rings (SSSR count). The van der Waals surface area contributed by atoms with Gasteiger partial charge >= 0.3 is 0 Å². The van der Waals surface area contributed by atoms with Crippen LogP contribution in [-0.4, -0.2) is 17.0 Å². The van der Waals surface area contributed by atoms with E-state index in [4.69, 9.17) is 10.7 Å². The van der Waals surface area contributed by atoms with Crippen molar-refractivity contribution in [1.29, 1.82) is 0 Å². The van der Waals surface area contributed by atoms with Gasteiger partial charge in [-0.05, 0) is 30.3 Å². The number of nitrogens with zero attached hydrogens (tertiary/aromatic N) is 1. The zero-order chi connectivity index (χ0) is 11.8. The Balaban J connectivity index is 1.97. The first kappa shape index (κ1) is 12.4. The van der Waals surface area contributed by atoms with Gasteiger partial charge < -0.3 is 5.73 Å². The summed E-state index contributed by atoms with van der Waals surface area (Å²) in [5.74, 6) is 1.79. The molecule has 0 saturated heterocycles. The predicted octanol–water partition coefficient (Wildman–Crippen LogP) is 3.41. The van der Waals surface area contributed by atoms with Crippen LogP contribution < -0.4 is 5.73 Å². The van der Waals surface area contributed by atoms with E-state index in [0.29, 0.717) is 11.3 Å². The molecule has 0 spiro atoms. The van der Waals surface area contributed by atoms with E-state index in [2.05, 4.69) is 25.5 Å². The molecule has 0 radical (unpaired) electrons. The van der Waals surface area contributed by atoms with Crippen LogP contribution in [0.25, 0.3) is 0 Å². The number of nitrogens with two attached hydrogens (primary N) is 1. The Morgan fingerprint density at radius 2 is 2.38 bits per heavy atom. The van der Waals surface area contributed by atoms with E-state index < -0.39 is 0 Å². The average molecular weight is 256 g/mol. The fraction of sp³-hybridized carbons (Fsp3) is 0.750. The number of aromatic nitrogens is 1. The largest absolute Gasteiger partial charge is 0.323 e. The Bertz CT molecular complexity index is 360. The molecular weight excluding hydrogens is 236 g/mol. The Labute approximate surface area is 106 Å². The third kappa shape index (κ3) is 2.60. The lowest BCUT2D eigenvalue weighted by atomic mass is 10.1. The minimum Gasteiger partial charge on any atom is -0.323 e. The number of thiazole rings is 1. The van der Waals surface area contributed by atoms with Crippen LogP contribution in [0.15, 0.2) is 5.38 Å². The molecule has 1 saturated carbocycles. The molecule has 0 amide bonds. The summed E-state index contributed by atoms with van der Waals surface area (Å²) in [4.78, 5) is 4.70.